The number of allylic oxidation sites excluding steroid dienone is 1. The third kappa shape index (κ3) is 1.93. The van der Waals surface area contributed by atoms with E-state index in [0.29, 0.717) is 5.25 Å². The molecular weight excluding hydrogens is 240 g/mol. The van der Waals surface area contributed by atoms with Crippen molar-refractivity contribution in [2.24, 2.45) is 0 Å². The fraction of sp³-hybridized carbons (Fsp3) is 0.333. The van der Waals surface area contributed by atoms with Gasteiger partial charge in [0.1, 0.15) is 6.33 Å². The number of nitrogens with zero attached hydrogens (tertiary/aromatic N) is 2. The van der Waals surface area contributed by atoms with Gasteiger partial charge in [0.25, 0.3) is 0 Å². The molecule has 1 atom stereocenters. The molecule has 2 heterocycles. The van der Waals surface area contributed by atoms with Gasteiger partial charge in [-0.15, -0.1) is 11.8 Å². The highest BCUT2D eigenvalue weighted by Gasteiger charge is 2.17. The van der Waals surface area contributed by atoms with Crippen molar-refractivity contribution in [1.29, 1.82) is 0 Å². The number of hydrogen-bond acceptors (Lipinski definition) is 3. The normalized spacial score (nSPS) is 19.3. The summed E-state index contributed by atoms with van der Waals surface area (Å²) in [5.41, 5.74) is 4.74. The van der Waals surface area contributed by atoms with Crippen molar-refractivity contribution < 1.29 is 0 Å². The maximum Gasteiger partial charge on any atom is 0.116 e. The largest absolute Gasteiger partial charge is 0.241 e. The van der Waals surface area contributed by atoms with Crippen molar-refractivity contribution >= 4 is 27.6 Å². The number of aryl methyl sites for hydroxylation is 2. The first-order valence-electron chi connectivity index (χ1n) is 6.24. The van der Waals surface area contributed by atoms with E-state index in [-0.39, 0.29) is 0 Å². The smallest absolute Gasteiger partial charge is 0.116 e. The molecule has 0 saturated heterocycles. The molecule has 1 aliphatic heterocycles. The number of rotatable bonds is 1. The molecule has 18 heavy (non-hydrogen) atoms. The van der Waals surface area contributed by atoms with E-state index in [1.165, 1.54) is 27.8 Å². The van der Waals surface area contributed by atoms with Gasteiger partial charge in [-0.25, -0.2) is 9.97 Å². The second-order valence-corrected chi connectivity index (χ2v) is 6.36. The van der Waals surface area contributed by atoms with Crippen LogP contribution in [0.3, 0.4) is 0 Å². The molecule has 0 amide bonds. The maximum absolute atomic E-state index is 4.35. The Morgan fingerprint density at radius 3 is 2.78 bits per heavy atom. The summed E-state index contributed by atoms with van der Waals surface area (Å²) >= 11 is 1.97. The van der Waals surface area contributed by atoms with Crippen molar-refractivity contribution in [2.75, 3.05) is 0 Å². The first-order valence-corrected chi connectivity index (χ1v) is 7.12. The second-order valence-electron chi connectivity index (χ2n) is 4.88. The molecule has 0 radical (unpaired) electrons. The van der Waals surface area contributed by atoms with Crippen molar-refractivity contribution in [3.05, 3.63) is 41.4 Å². The van der Waals surface area contributed by atoms with Crippen LogP contribution in [0.15, 0.2) is 24.5 Å². The molecule has 1 aliphatic rings. The summed E-state index contributed by atoms with van der Waals surface area (Å²) in [6.45, 7) is 6.48. The third-order valence-corrected chi connectivity index (χ3v) is 4.64. The van der Waals surface area contributed by atoms with Crippen LogP contribution in [0.25, 0.3) is 15.8 Å². The van der Waals surface area contributed by atoms with Gasteiger partial charge >= 0.3 is 0 Å². The Kier molecular flexibility index (Phi) is 2.86. The molecule has 2 aromatic rings. The minimum Gasteiger partial charge on any atom is -0.241 e. The molecule has 0 aliphatic carbocycles. The van der Waals surface area contributed by atoms with Crippen LogP contribution in [0, 0.1) is 13.8 Å². The standard InChI is InChI=1S/C15H16N2S/c1-9-6-14-13(11(3)16-8-17-14)7-12(9)15-5-4-10(2)18-15/h5-8,10H,4H2,1-3H3. The van der Waals surface area contributed by atoms with Crippen molar-refractivity contribution in [3.63, 3.8) is 0 Å². The SMILES string of the molecule is Cc1cc2ncnc(C)c2cc1C1=CCC(C)S1. The molecule has 0 bridgehead atoms. The molecule has 2 nitrogen and oxygen atoms in total. The molecule has 0 N–H and O–H groups in total. The fourth-order valence-corrected chi connectivity index (χ4v) is 3.53. The first-order chi connectivity index (χ1) is 8.65. The van der Waals surface area contributed by atoms with Gasteiger partial charge < -0.3 is 0 Å². The molecule has 0 saturated carbocycles. The number of benzene rings is 1. The van der Waals surface area contributed by atoms with Crippen LogP contribution in [-0.4, -0.2) is 15.2 Å². The monoisotopic (exact) mass is 256 g/mol. The Morgan fingerprint density at radius 2 is 2.06 bits per heavy atom. The van der Waals surface area contributed by atoms with E-state index in [2.05, 4.69) is 42.0 Å². The van der Waals surface area contributed by atoms with Gasteiger partial charge in [-0.3, -0.25) is 0 Å². The predicted octanol–water partition coefficient (Wildman–Crippen LogP) is 4.11. The van der Waals surface area contributed by atoms with E-state index in [1.54, 1.807) is 6.33 Å². The summed E-state index contributed by atoms with van der Waals surface area (Å²) in [6.07, 6.45) is 5.16. The quantitative estimate of drug-likeness (QED) is 0.767. The number of fused-ring (bicyclic) bond motifs is 1. The number of thioether (sulfide) groups is 1. The summed E-state index contributed by atoms with van der Waals surface area (Å²) in [5, 5.41) is 1.86. The van der Waals surface area contributed by atoms with E-state index in [1.807, 2.05) is 18.7 Å². The highest BCUT2D eigenvalue weighted by molar-refractivity contribution is 8.09. The van der Waals surface area contributed by atoms with E-state index in [9.17, 15) is 0 Å². The average molecular weight is 256 g/mol. The minimum absolute atomic E-state index is 0.697. The lowest BCUT2D eigenvalue weighted by Crippen LogP contribution is -1.92. The highest BCUT2D eigenvalue weighted by Crippen LogP contribution is 2.41. The van der Waals surface area contributed by atoms with Gasteiger partial charge in [0.2, 0.25) is 0 Å². The van der Waals surface area contributed by atoms with Crippen LogP contribution in [0.4, 0.5) is 0 Å². The molecule has 92 valence electrons. The molecule has 1 aromatic heterocycles. The minimum atomic E-state index is 0.697. The zero-order chi connectivity index (χ0) is 12.7. The topological polar surface area (TPSA) is 25.8 Å². The fourth-order valence-electron chi connectivity index (χ4n) is 2.36. The molecule has 3 rings (SSSR count). The van der Waals surface area contributed by atoms with Gasteiger partial charge in [-0.2, -0.15) is 0 Å². The molecule has 0 fully saturated rings. The van der Waals surface area contributed by atoms with E-state index < -0.39 is 0 Å². The van der Waals surface area contributed by atoms with Crippen LogP contribution in [0.5, 0.6) is 0 Å². The zero-order valence-corrected chi connectivity index (χ0v) is 11.7. The Hall–Kier alpha value is -1.35. The maximum atomic E-state index is 4.35. The summed E-state index contributed by atoms with van der Waals surface area (Å²) < 4.78 is 0. The lowest BCUT2D eigenvalue weighted by molar-refractivity contribution is 1.00. The van der Waals surface area contributed by atoms with Crippen molar-refractivity contribution in [1.82, 2.24) is 9.97 Å². The lowest BCUT2D eigenvalue weighted by atomic mass is 10.0. The Bertz CT molecular complexity index is 646. The molecule has 1 unspecified atom stereocenters. The summed E-state index contributed by atoms with van der Waals surface area (Å²) in [6, 6.07) is 4.42. The summed E-state index contributed by atoms with van der Waals surface area (Å²) in [4.78, 5) is 10.0. The van der Waals surface area contributed by atoms with Crippen LogP contribution in [0.1, 0.15) is 30.2 Å². The Morgan fingerprint density at radius 1 is 1.22 bits per heavy atom. The van der Waals surface area contributed by atoms with Crippen molar-refractivity contribution in [2.45, 2.75) is 32.4 Å². The number of aromatic nitrogens is 2. The van der Waals surface area contributed by atoms with Gasteiger partial charge in [-0.05, 0) is 43.5 Å². The molecular formula is C15H16N2S. The van der Waals surface area contributed by atoms with Gasteiger partial charge in [0.05, 0.1) is 5.52 Å². The first kappa shape index (κ1) is 11.7. The highest BCUT2D eigenvalue weighted by atomic mass is 32.2. The lowest BCUT2D eigenvalue weighted by Gasteiger charge is -2.10. The van der Waals surface area contributed by atoms with Gasteiger partial charge in [0, 0.05) is 21.2 Å². The zero-order valence-electron chi connectivity index (χ0n) is 10.9. The van der Waals surface area contributed by atoms with E-state index in [4.69, 9.17) is 0 Å². The Labute approximate surface area is 112 Å². The van der Waals surface area contributed by atoms with Crippen LogP contribution in [-0.2, 0) is 0 Å². The van der Waals surface area contributed by atoms with Crippen LogP contribution in [0.2, 0.25) is 0 Å². The third-order valence-electron chi connectivity index (χ3n) is 3.41. The van der Waals surface area contributed by atoms with E-state index >= 15 is 0 Å². The predicted molar refractivity (Wildman–Crippen MR) is 78.7 cm³/mol. The van der Waals surface area contributed by atoms with Gasteiger partial charge in [-0.1, -0.05) is 13.0 Å². The second kappa shape index (κ2) is 4.39. The summed E-state index contributed by atoms with van der Waals surface area (Å²) in [7, 11) is 0. The summed E-state index contributed by atoms with van der Waals surface area (Å²) in [5.74, 6) is 0. The van der Waals surface area contributed by atoms with Gasteiger partial charge in [0.15, 0.2) is 0 Å². The molecule has 1 aromatic carbocycles. The van der Waals surface area contributed by atoms with Crippen LogP contribution >= 0.6 is 11.8 Å². The van der Waals surface area contributed by atoms with Crippen LogP contribution < -0.4 is 0 Å². The Balaban J connectivity index is 2.18. The van der Waals surface area contributed by atoms with E-state index in [0.717, 1.165) is 11.2 Å². The van der Waals surface area contributed by atoms with Crippen molar-refractivity contribution in [3.8, 4) is 0 Å². The number of hydrogen-bond donors (Lipinski definition) is 0. The average Bonchev–Trinajstić information content (AvgIpc) is 2.75. The molecule has 0 spiro atoms. The molecule has 3 heteroatoms.